The Bertz CT molecular complexity index is 2330. The van der Waals surface area contributed by atoms with Gasteiger partial charge in [-0.05, 0) is 84.5 Å². The van der Waals surface area contributed by atoms with E-state index in [-0.39, 0.29) is 35.6 Å². The first kappa shape index (κ1) is 39.0. The molecule has 298 valence electrons. The predicted octanol–water partition coefficient (Wildman–Crippen LogP) is 8.40. The highest BCUT2D eigenvalue weighted by Crippen LogP contribution is 2.61. The molecule has 0 aliphatic carbocycles. The van der Waals surface area contributed by atoms with Gasteiger partial charge < -0.3 is 19.7 Å². The van der Waals surface area contributed by atoms with Crippen molar-refractivity contribution < 1.29 is 41.7 Å². The van der Waals surface area contributed by atoms with Crippen LogP contribution in [0.2, 0.25) is 0 Å². The Balaban J connectivity index is 1.12. The lowest BCUT2D eigenvalue weighted by atomic mass is 9.88. The minimum absolute atomic E-state index is 0.0244. The minimum Gasteiger partial charge on any atom is -0.497 e. The smallest absolute Gasteiger partial charge is 0.171 e. The second kappa shape index (κ2) is 15.5. The Morgan fingerprint density at radius 2 is 1.35 bits per heavy atom. The number of rotatable bonds is 12. The van der Waals surface area contributed by atoms with Crippen LogP contribution in [0, 0.1) is 29.2 Å². The van der Waals surface area contributed by atoms with Crippen molar-refractivity contribution in [2.24, 2.45) is 5.92 Å². The van der Waals surface area contributed by atoms with E-state index in [9.17, 15) is 10.2 Å². The first-order valence-electron chi connectivity index (χ1n) is 19.5. The van der Waals surface area contributed by atoms with E-state index in [0.717, 1.165) is 12.8 Å². The maximum Gasteiger partial charge on any atom is 0.171 e. The summed E-state index contributed by atoms with van der Waals surface area (Å²) in [5.41, 5.74) is 0.964. The fourth-order valence-electron chi connectivity index (χ4n) is 9.85. The standard InChI is InChI=1S/C45H47F4N4O4/c1-5-25-9-7-8-10-36(44(54)28-15-17-50-34-13-11-26(56-3)19-30(28)34)52(22-25)23-32-40(46)42(48)33(43(49)41(32)47)24-53-37(6-2)38(53)21-39(53)45(55)29-16-18-51-35-14-12-27(57-4)20-31(29)35/h5-6,11-20,25,36-39,44-45,54-55H,1-2,7-10,21-24H2,3-4H3/q+1. The molecule has 3 saturated heterocycles. The number of methoxy groups -OCH3 is 2. The number of hydrogen-bond acceptors (Lipinski definition) is 7. The highest BCUT2D eigenvalue weighted by molar-refractivity contribution is 5.84. The van der Waals surface area contributed by atoms with Gasteiger partial charge in [0, 0.05) is 47.9 Å². The quantitative estimate of drug-likeness (QED) is 0.0432. The summed E-state index contributed by atoms with van der Waals surface area (Å²) in [7, 11) is 3.08. The van der Waals surface area contributed by atoms with Crippen LogP contribution in [-0.2, 0) is 13.1 Å². The molecule has 5 aromatic rings. The minimum atomic E-state index is -1.47. The molecule has 0 saturated carbocycles. The molecule has 57 heavy (non-hydrogen) atoms. The van der Waals surface area contributed by atoms with Gasteiger partial charge in [0.2, 0.25) is 0 Å². The molecule has 3 fully saturated rings. The van der Waals surface area contributed by atoms with Crippen molar-refractivity contribution in [3.05, 3.63) is 132 Å². The first-order valence-corrected chi connectivity index (χ1v) is 19.5. The van der Waals surface area contributed by atoms with Gasteiger partial charge in [-0.15, -0.1) is 6.58 Å². The summed E-state index contributed by atoms with van der Waals surface area (Å²) < 4.78 is 76.5. The highest BCUT2D eigenvalue weighted by atomic mass is 19.2. The van der Waals surface area contributed by atoms with E-state index in [1.54, 1.807) is 92.2 Å². The zero-order valence-corrected chi connectivity index (χ0v) is 32.1. The van der Waals surface area contributed by atoms with Gasteiger partial charge in [-0.2, -0.15) is 0 Å². The maximum atomic E-state index is 16.4. The zero-order valence-electron chi connectivity index (χ0n) is 32.1. The largest absolute Gasteiger partial charge is 0.497 e. The van der Waals surface area contributed by atoms with Gasteiger partial charge in [-0.3, -0.25) is 19.4 Å². The van der Waals surface area contributed by atoms with Gasteiger partial charge in [0.15, 0.2) is 35.4 Å². The number of aliphatic hydroxyl groups excluding tert-OH is 2. The van der Waals surface area contributed by atoms with Crippen molar-refractivity contribution in [3.63, 3.8) is 0 Å². The molecule has 8 rings (SSSR count). The van der Waals surface area contributed by atoms with Gasteiger partial charge in [0.05, 0.1) is 43.3 Å². The van der Waals surface area contributed by atoms with Crippen LogP contribution in [0.15, 0.2) is 86.2 Å². The molecule has 12 heteroatoms. The van der Waals surface area contributed by atoms with Gasteiger partial charge in [0.1, 0.15) is 30.2 Å². The van der Waals surface area contributed by atoms with E-state index in [1.165, 1.54) is 0 Å². The van der Waals surface area contributed by atoms with Crippen molar-refractivity contribution >= 4 is 21.8 Å². The third kappa shape index (κ3) is 6.56. The molecule has 8 atom stereocenters. The Morgan fingerprint density at radius 3 is 1.89 bits per heavy atom. The lowest BCUT2D eigenvalue weighted by Crippen LogP contribution is -2.53. The van der Waals surface area contributed by atoms with Gasteiger partial charge in [-0.25, -0.2) is 17.6 Å². The number of pyridine rings is 2. The molecule has 0 spiro atoms. The van der Waals surface area contributed by atoms with Crippen LogP contribution in [0.4, 0.5) is 17.6 Å². The normalized spacial score (nSPS) is 25.8. The summed E-state index contributed by atoms with van der Waals surface area (Å²) in [5.74, 6) is -4.79. The molecule has 0 bridgehead atoms. The van der Waals surface area contributed by atoms with Crippen LogP contribution in [0.25, 0.3) is 21.8 Å². The summed E-state index contributed by atoms with van der Waals surface area (Å²) in [5, 5.41) is 25.2. The molecule has 5 heterocycles. The zero-order chi connectivity index (χ0) is 40.2. The number of quaternary nitrogens is 1. The first-order chi connectivity index (χ1) is 27.6. The summed E-state index contributed by atoms with van der Waals surface area (Å²) in [6.45, 7) is 7.32. The highest BCUT2D eigenvalue weighted by Gasteiger charge is 2.78. The Hall–Kier alpha value is -4.88. The van der Waals surface area contributed by atoms with Crippen molar-refractivity contribution in [2.45, 2.75) is 81.6 Å². The molecule has 8 unspecified atom stereocenters. The predicted molar refractivity (Wildman–Crippen MR) is 209 cm³/mol. The number of halogens is 4. The number of benzene rings is 3. The van der Waals surface area contributed by atoms with Gasteiger partial charge in [0.25, 0.3) is 0 Å². The summed E-state index contributed by atoms with van der Waals surface area (Å²) in [6.07, 6.45) is 7.78. The third-order valence-electron chi connectivity index (χ3n) is 13.0. The van der Waals surface area contributed by atoms with E-state index in [0.29, 0.717) is 63.7 Å². The Morgan fingerprint density at radius 1 is 0.789 bits per heavy atom. The number of hydrogen-bond donors (Lipinski definition) is 2. The van der Waals surface area contributed by atoms with E-state index in [2.05, 4.69) is 23.1 Å². The van der Waals surface area contributed by atoms with Gasteiger partial charge >= 0.3 is 0 Å². The summed E-state index contributed by atoms with van der Waals surface area (Å²) in [6, 6.07) is 12.5. The number of aliphatic hydroxyl groups is 2. The molecule has 3 aliphatic rings. The lowest BCUT2D eigenvalue weighted by Gasteiger charge is -2.41. The van der Waals surface area contributed by atoms with E-state index < -0.39 is 65.2 Å². The van der Waals surface area contributed by atoms with Crippen LogP contribution in [0.5, 0.6) is 11.5 Å². The molecular weight excluding hydrogens is 737 g/mol. The van der Waals surface area contributed by atoms with Crippen molar-refractivity contribution in [3.8, 4) is 11.5 Å². The molecule has 8 nitrogen and oxygen atoms in total. The third-order valence-corrected chi connectivity index (χ3v) is 13.0. The number of aromatic nitrogens is 2. The number of fused-ring (bicyclic) bond motifs is 3. The van der Waals surface area contributed by atoms with Crippen LogP contribution >= 0.6 is 0 Å². The molecule has 2 aromatic heterocycles. The average Bonchev–Trinajstić information content (AvgIpc) is 3.73. The fourth-order valence-corrected chi connectivity index (χ4v) is 9.85. The number of likely N-dealkylation sites (tertiary alicyclic amines) is 1. The Kier molecular flexibility index (Phi) is 10.6. The lowest BCUT2D eigenvalue weighted by molar-refractivity contribution is -0.903. The summed E-state index contributed by atoms with van der Waals surface area (Å²) in [4.78, 5) is 10.6. The molecule has 0 radical (unpaired) electrons. The molecular formula is C45H47F4N4O4+. The van der Waals surface area contributed by atoms with E-state index in [4.69, 9.17) is 9.47 Å². The molecule has 3 aromatic carbocycles. The van der Waals surface area contributed by atoms with E-state index >= 15 is 17.6 Å². The molecule has 3 aliphatic heterocycles. The Labute approximate surface area is 329 Å². The average molecular weight is 784 g/mol. The van der Waals surface area contributed by atoms with Crippen LogP contribution in [-0.4, -0.2) is 74.5 Å². The fraction of sp³-hybridized carbons (Fsp3) is 0.378. The second-order valence-corrected chi connectivity index (χ2v) is 15.7. The molecule has 2 N–H and O–H groups in total. The monoisotopic (exact) mass is 783 g/mol. The maximum absolute atomic E-state index is 16.4. The topological polar surface area (TPSA) is 87.9 Å². The van der Waals surface area contributed by atoms with Crippen LogP contribution < -0.4 is 9.47 Å². The second-order valence-electron chi connectivity index (χ2n) is 15.7. The van der Waals surface area contributed by atoms with Crippen molar-refractivity contribution in [1.29, 1.82) is 0 Å². The van der Waals surface area contributed by atoms with E-state index in [1.807, 2.05) is 0 Å². The van der Waals surface area contributed by atoms with Crippen LogP contribution in [0.3, 0.4) is 0 Å². The van der Waals surface area contributed by atoms with Crippen molar-refractivity contribution in [2.75, 3.05) is 20.8 Å². The van der Waals surface area contributed by atoms with Crippen molar-refractivity contribution in [1.82, 2.24) is 14.9 Å². The molecule has 0 amide bonds. The number of ether oxygens (including phenoxy) is 2. The van der Waals surface area contributed by atoms with Crippen LogP contribution in [0.1, 0.15) is 66.6 Å². The van der Waals surface area contributed by atoms with Gasteiger partial charge in [-0.1, -0.05) is 25.5 Å². The number of nitrogens with zero attached hydrogens (tertiary/aromatic N) is 4. The summed E-state index contributed by atoms with van der Waals surface area (Å²) >= 11 is 0. The SMILES string of the molecule is C=CC1CCCCC(C(O)c2ccnc3ccc(OC)cc23)N(Cc2c(F)c(F)c(C[N+]34C(C=C)C3CC4C(O)c3ccnc4ccc(OC)cc34)c(F)c2F)C1.